The second-order valence-electron chi connectivity index (χ2n) is 6.45. The fourth-order valence-electron chi connectivity index (χ4n) is 3.34. The number of rotatable bonds is 4. The molecule has 2 aliphatic heterocycles. The first-order chi connectivity index (χ1) is 9.49. The maximum absolute atomic E-state index is 12.7. The van der Waals surface area contributed by atoms with Gasteiger partial charge in [-0.3, -0.25) is 14.6 Å². The minimum absolute atomic E-state index is 0.0275. The van der Waals surface area contributed by atoms with Gasteiger partial charge in [-0.1, -0.05) is 0 Å². The summed E-state index contributed by atoms with van der Waals surface area (Å²) in [5.74, 6) is 0.369. The lowest BCUT2D eigenvalue weighted by molar-refractivity contribution is -0.129. The SMILES string of the molecule is CC(C(=O)C(C)N1CCN[C@H](C)C1)N1CCN[C@H](C)C1. The fraction of sp³-hybridized carbons (Fsp3) is 0.933. The van der Waals surface area contributed by atoms with Crippen LogP contribution in [0.25, 0.3) is 0 Å². The van der Waals surface area contributed by atoms with Gasteiger partial charge in [0, 0.05) is 51.4 Å². The molecule has 4 atom stereocenters. The third kappa shape index (κ3) is 3.79. The van der Waals surface area contributed by atoms with Crippen molar-refractivity contribution >= 4 is 5.78 Å². The highest BCUT2D eigenvalue weighted by molar-refractivity contribution is 5.88. The second kappa shape index (κ2) is 6.98. The molecule has 0 bridgehead atoms. The molecule has 2 rings (SSSR count). The Hall–Kier alpha value is -0.490. The van der Waals surface area contributed by atoms with E-state index in [1.165, 1.54) is 0 Å². The van der Waals surface area contributed by atoms with E-state index in [2.05, 4.69) is 48.1 Å². The van der Waals surface area contributed by atoms with Gasteiger partial charge in [0.2, 0.25) is 0 Å². The highest BCUT2D eigenvalue weighted by atomic mass is 16.1. The Morgan fingerprint density at radius 1 is 0.950 bits per heavy atom. The molecule has 0 aliphatic carbocycles. The molecule has 0 aromatic rings. The quantitative estimate of drug-likeness (QED) is 0.755. The Kier molecular flexibility index (Phi) is 5.55. The number of ketones is 1. The second-order valence-corrected chi connectivity index (χ2v) is 6.45. The van der Waals surface area contributed by atoms with E-state index in [4.69, 9.17) is 0 Å². The van der Waals surface area contributed by atoms with Crippen LogP contribution in [0.2, 0.25) is 0 Å². The van der Waals surface area contributed by atoms with Gasteiger partial charge in [-0.15, -0.1) is 0 Å². The van der Waals surface area contributed by atoms with Crippen LogP contribution in [0.5, 0.6) is 0 Å². The van der Waals surface area contributed by atoms with Crippen molar-refractivity contribution in [3.05, 3.63) is 0 Å². The average Bonchev–Trinajstić information content (AvgIpc) is 2.45. The van der Waals surface area contributed by atoms with E-state index in [-0.39, 0.29) is 12.1 Å². The van der Waals surface area contributed by atoms with Gasteiger partial charge < -0.3 is 10.6 Å². The van der Waals surface area contributed by atoms with Crippen molar-refractivity contribution in [1.82, 2.24) is 20.4 Å². The molecular weight excluding hydrogens is 252 g/mol. The van der Waals surface area contributed by atoms with Crippen molar-refractivity contribution < 1.29 is 4.79 Å². The largest absolute Gasteiger partial charge is 0.312 e. The van der Waals surface area contributed by atoms with Crippen molar-refractivity contribution in [2.45, 2.75) is 51.9 Å². The van der Waals surface area contributed by atoms with Crippen molar-refractivity contribution in [2.75, 3.05) is 39.3 Å². The molecule has 2 fully saturated rings. The Morgan fingerprint density at radius 2 is 1.35 bits per heavy atom. The molecular formula is C15H30N4O. The summed E-state index contributed by atoms with van der Waals surface area (Å²) in [6.07, 6.45) is 0. The van der Waals surface area contributed by atoms with Crippen LogP contribution in [0.15, 0.2) is 0 Å². The Bertz CT molecular complexity index is 306. The minimum atomic E-state index is 0.0275. The molecule has 5 nitrogen and oxygen atoms in total. The summed E-state index contributed by atoms with van der Waals surface area (Å²) in [5, 5.41) is 6.86. The minimum Gasteiger partial charge on any atom is -0.312 e. The highest BCUT2D eigenvalue weighted by Gasteiger charge is 2.32. The standard InChI is InChI=1S/C15H30N4O/c1-11-9-18(7-5-16-11)13(3)15(20)14(4)19-8-6-17-12(2)10-19/h11-14,16-17H,5-10H2,1-4H3/t11-,12-,13?,14?/m1/s1. The molecule has 0 aromatic carbocycles. The zero-order valence-electron chi connectivity index (χ0n) is 13.4. The van der Waals surface area contributed by atoms with E-state index in [9.17, 15) is 4.79 Å². The summed E-state index contributed by atoms with van der Waals surface area (Å²) in [6.45, 7) is 14.4. The van der Waals surface area contributed by atoms with Gasteiger partial charge in [-0.05, 0) is 27.7 Å². The first-order valence-corrected chi connectivity index (χ1v) is 7.97. The molecule has 2 N–H and O–H groups in total. The van der Waals surface area contributed by atoms with E-state index in [1.807, 2.05) is 0 Å². The maximum atomic E-state index is 12.7. The zero-order valence-corrected chi connectivity index (χ0v) is 13.4. The topological polar surface area (TPSA) is 47.6 Å². The van der Waals surface area contributed by atoms with Gasteiger partial charge in [0.25, 0.3) is 0 Å². The van der Waals surface area contributed by atoms with Crippen LogP contribution in [0.1, 0.15) is 27.7 Å². The number of carbonyl (C=O) groups is 1. The molecule has 2 aliphatic rings. The lowest BCUT2D eigenvalue weighted by Gasteiger charge is -2.40. The van der Waals surface area contributed by atoms with Crippen LogP contribution >= 0.6 is 0 Å². The summed E-state index contributed by atoms with van der Waals surface area (Å²) in [7, 11) is 0. The number of nitrogens with one attached hydrogen (secondary N) is 2. The lowest BCUT2D eigenvalue weighted by atomic mass is 10.0. The summed E-state index contributed by atoms with van der Waals surface area (Å²) in [5.41, 5.74) is 0. The van der Waals surface area contributed by atoms with Gasteiger partial charge in [0.15, 0.2) is 5.78 Å². The molecule has 0 aromatic heterocycles. The monoisotopic (exact) mass is 282 g/mol. The van der Waals surface area contributed by atoms with Crippen molar-refractivity contribution in [1.29, 1.82) is 0 Å². The molecule has 116 valence electrons. The van der Waals surface area contributed by atoms with Crippen LogP contribution in [0.3, 0.4) is 0 Å². The molecule has 0 saturated carbocycles. The first-order valence-electron chi connectivity index (χ1n) is 7.97. The third-order valence-electron chi connectivity index (χ3n) is 4.72. The molecule has 0 spiro atoms. The van der Waals surface area contributed by atoms with E-state index < -0.39 is 0 Å². The van der Waals surface area contributed by atoms with Crippen molar-refractivity contribution in [2.24, 2.45) is 0 Å². The predicted molar refractivity (Wildman–Crippen MR) is 82.0 cm³/mol. The zero-order chi connectivity index (χ0) is 14.7. The number of nitrogens with zero attached hydrogens (tertiary/aromatic N) is 2. The van der Waals surface area contributed by atoms with Crippen molar-refractivity contribution in [3.8, 4) is 0 Å². The lowest BCUT2D eigenvalue weighted by Crippen LogP contribution is -2.59. The summed E-state index contributed by atoms with van der Waals surface area (Å²) in [6, 6.07) is 1.02. The first kappa shape index (κ1) is 15.9. The van der Waals surface area contributed by atoms with Gasteiger partial charge in [0.05, 0.1) is 12.1 Å². The molecule has 0 radical (unpaired) electrons. The summed E-state index contributed by atoms with van der Waals surface area (Å²) in [4.78, 5) is 17.4. The normalized spacial score (nSPS) is 32.8. The number of hydrogen-bond acceptors (Lipinski definition) is 5. The van der Waals surface area contributed by atoms with Crippen LogP contribution in [-0.2, 0) is 4.79 Å². The van der Waals surface area contributed by atoms with Gasteiger partial charge in [-0.25, -0.2) is 0 Å². The number of hydrogen-bond donors (Lipinski definition) is 2. The Balaban J connectivity index is 1.91. The van der Waals surface area contributed by atoms with Crippen LogP contribution < -0.4 is 10.6 Å². The molecule has 0 amide bonds. The molecule has 2 saturated heterocycles. The fourth-order valence-corrected chi connectivity index (χ4v) is 3.34. The molecule has 2 unspecified atom stereocenters. The number of carbonyl (C=O) groups excluding carboxylic acids is 1. The maximum Gasteiger partial charge on any atom is 0.166 e. The number of piperazine rings is 2. The Labute approximate surface area is 123 Å². The van der Waals surface area contributed by atoms with E-state index in [1.54, 1.807) is 0 Å². The van der Waals surface area contributed by atoms with Crippen LogP contribution in [0.4, 0.5) is 0 Å². The van der Waals surface area contributed by atoms with E-state index in [0.29, 0.717) is 17.9 Å². The van der Waals surface area contributed by atoms with Gasteiger partial charge >= 0.3 is 0 Å². The molecule has 20 heavy (non-hydrogen) atoms. The summed E-state index contributed by atoms with van der Waals surface area (Å²) < 4.78 is 0. The van der Waals surface area contributed by atoms with E-state index in [0.717, 1.165) is 39.3 Å². The smallest absolute Gasteiger partial charge is 0.166 e. The van der Waals surface area contributed by atoms with Crippen LogP contribution in [0, 0.1) is 0 Å². The van der Waals surface area contributed by atoms with Gasteiger partial charge in [-0.2, -0.15) is 0 Å². The van der Waals surface area contributed by atoms with Crippen molar-refractivity contribution in [3.63, 3.8) is 0 Å². The predicted octanol–water partition coefficient (Wildman–Crippen LogP) is -0.0801. The summed E-state index contributed by atoms with van der Waals surface area (Å²) >= 11 is 0. The average molecular weight is 282 g/mol. The number of Topliss-reactive ketones (excluding diaryl/α,β-unsaturated/α-hetero) is 1. The Morgan fingerprint density at radius 3 is 1.70 bits per heavy atom. The van der Waals surface area contributed by atoms with E-state index >= 15 is 0 Å². The van der Waals surface area contributed by atoms with Crippen LogP contribution in [-0.4, -0.2) is 79.0 Å². The van der Waals surface area contributed by atoms with Gasteiger partial charge in [0.1, 0.15) is 0 Å². The third-order valence-corrected chi connectivity index (χ3v) is 4.72. The molecule has 5 heteroatoms. The highest BCUT2D eigenvalue weighted by Crippen LogP contribution is 2.12. The molecule has 2 heterocycles.